The van der Waals surface area contributed by atoms with E-state index in [0.717, 1.165) is 44.8 Å². The van der Waals surface area contributed by atoms with E-state index in [1.807, 2.05) is 0 Å². The van der Waals surface area contributed by atoms with Gasteiger partial charge in [-0.25, -0.2) is 0 Å². The van der Waals surface area contributed by atoms with E-state index in [1.54, 1.807) is 53.7 Å². The summed E-state index contributed by atoms with van der Waals surface area (Å²) in [5, 5.41) is 0. The lowest BCUT2D eigenvalue weighted by Gasteiger charge is -2.28. The van der Waals surface area contributed by atoms with E-state index in [4.69, 9.17) is 9.47 Å². The van der Waals surface area contributed by atoms with Gasteiger partial charge in [-0.15, -0.1) is 0 Å². The molecule has 2 fully saturated rings. The normalized spacial score (nSPS) is 21.7. The van der Waals surface area contributed by atoms with Crippen molar-refractivity contribution in [3.05, 3.63) is 59.9 Å². The van der Waals surface area contributed by atoms with Gasteiger partial charge in [0.1, 0.15) is 24.8 Å². The minimum absolute atomic E-state index is 0.356. The number of pyridine rings is 1. The minimum Gasteiger partial charge on any atom is -0.497 e. The Morgan fingerprint density at radius 2 is 1.94 bits per heavy atom. The molecule has 0 aliphatic carbocycles. The van der Waals surface area contributed by atoms with E-state index in [2.05, 4.69) is 4.98 Å². The number of nitrogens with zero attached hydrogens (tertiary/aromatic N) is 2. The van der Waals surface area contributed by atoms with Crippen LogP contribution < -0.4 is 9.64 Å². The van der Waals surface area contributed by atoms with Gasteiger partial charge >= 0.3 is 0 Å². The molecule has 168 valence electrons. The van der Waals surface area contributed by atoms with Crippen molar-refractivity contribution in [3.63, 3.8) is 0 Å². The molecule has 2 saturated heterocycles. The summed E-state index contributed by atoms with van der Waals surface area (Å²) in [6.07, 6.45) is 3.98. The van der Waals surface area contributed by atoms with Crippen LogP contribution in [0, 0.1) is 5.92 Å². The van der Waals surface area contributed by atoms with Crippen LogP contribution in [0.15, 0.2) is 48.8 Å². The third kappa shape index (κ3) is 4.56. The van der Waals surface area contributed by atoms with Crippen molar-refractivity contribution in [1.29, 1.82) is 0 Å². The average Bonchev–Trinajstić information content (AvgIpc) is 3.10. The van der Waals surface area contributed by atoms with Gasteiger partial charge in [-0.05, 0) is 29.8 Å². The Bertz CT molecular complexity index is 975. The second kappa shape index (κ2) is 10.0. The Balaban J connectivity index is 1.59. The van der Waals surface area contributed by atoms with Crippen LogP contribution in [0.3, 0.4) is 0 Å². The molecular formula is C24H28N3O5+. The predicted molar refractivity (Wildman–Crippen MR) is 116 cm³/mol. The number of methoxy groups -OCH3 is 1. The maximum absolute atomic E-state index is 13.4. The Hall–Kier alpha value is -3.10. The zero-order chi connectivity index (χ0) is 22.5. The summed E-state index contributed by atoms with van der Waals surface area (Å²) in [6, 6.07) is 9.59. The van der Waals surface area contributed by atoms with Crippen LogP contribution in [0.4, 0.5) is 0 Å². The van der Waals surface area contributed by atoms with E-state index in [0.29, 0.717) is 17.9 Å². The number of ketones is 2. The van der Waals surface area contributed by atoms with Crippen LogP contribution in [0.5, 0.6) is 5.75 Å². The van der Waals surface area contributed by atoms with E-state index in [1.165, 1.54) is 12.0 Å². The summed E-state index contributed by atoms with van der Waals surface area (Å²) in [7, 11) is 1.52. The van der Waals surface area contributed by atoms with Gasteiger partial charge in [0, 0.05) is 30.9 Å². The third-order valence-corrected chi connectivity index (χ3v) is 6.22. The van der Waals surface area contributed by atoms with Gasteiger partial charge < -0.3 is 19.3 Å². The maximum atomic E-state index is 13.4. The Kier molecular flexibility index (Phi) is 6.92. The molecule has 1 amide bonds. The van der Waals surface area contributed by atoms with E-state index in [9.17, 15) is 14.4 Å². The molecule has 0 radical (unpaired) electrons. The molecular weight excluding hydrogens is 410 g/mol. The van der Waals surface area contributed by atoms with E-state index in [-0.39, 0.29) is 5.78 Å². The number of likely N-dealkylation sites (tertiary alicyclic amines) is 1. The fourth-order valence-electron chi connectivity index (χ4n) is 4.53. The first kappa shape index (κ1) is 22.1. The molecule has 2 aliphatic heterocycles. The van der Waals surface area contributed by atoms with Gasteiger partial charge in [0.25, 0.3) is 5.91 Å². The van der Waals surface area contributed by atoms with Crippen LogP contribution in [0.2, 0.25) is 0 Å². The zero-order valence-corrected chi connectivity index (χ0v) is 18.2. The van der Waals surface area contributed by atoms with Crippen molar-refractivity contribution in [2.75, 3.05) is 46.5 Å². The third-order valence-electron chi connectivity index (χ3n) is 6.22. The second-order valence-corrected chi connectivity index (χ2v) is 8.13. The molecule has 2 unspecified atom stereocenters. The number of Topliss-reactive ketones (excluding diaryl/α,β-unsaturated/α-hetero) is 2. The van der Waals surface area contributed by atoms with Crippen molar-refractivity contribution in [1.82, 2.24) is 9.88 Å². The topological polar surface area (TPSA) is 90.2 Å². The van der Waals surface area contributed by atoms with Crippen molar-refractivity contribution in [3.8, 4) is 5.75 Å². The minimum atomic E-state index is -1.09. The highest BCUT2D eigenvalue weighted by atomic mass is 16.5. The molecule has 0 spiro atoms. The largest absolute Gasteiger partial charge is 0.497 e. The highest BCUT2D eigenvalue weighted by molar-refractivity contribution is 6.44. The molecule has 2 aliphatic rings. The molecule has 1 aromatic carbocycles. The monoisotopic (exact) mass is 438 g/mol. The number of quaternary nitrogens is 1. The summed E-state index contributed by atoms with van der Waals surface area (Å²) in [6.45, 7) is 4.68. The predicted octanol–water partition coefficient (Wildman–Crippen LogP) is 0.347. The molecule has 8 nitrogen and oxygen atoms in total. The molecule has 32 heavy (non-hydrogen) atoms. The van der Waals surface area contributed by atoms with Gasteiger partial charge in [-0.1, -0.05) is 12.1 Å². The number of hydrogen-bond acceptors (Lipinski definition) is 6. The summed E-state index contributed by atoms with van der Waals surface area (Å²) in [5.74, 6) is -2.18. The van der Waals surface area contributed by atoms with Crippen LogP contribution in [0.1, 0.15) is 28.4 Å². The van der Waals surface area contributed by atoms with Gasteiger partial charge in [-0.2, -0.15) is 0 Å². The number of carbonyl (C=O) groups is 3. The first-order chi connectivity index (χ1) is 15.6. The van der Waals surface area contributed by atoms with E-state index < -0.39 is 23.7 Å². The smallest absolute Gasteiger partial charge is 0.291 e. The number of rotatable bonds is 8. The standard InChI is InChI=1S/C24H27N3O5/c1-31-19-5-2-4-18(16-19)22(28)20-21(17-6-8-25-9-7-17)27(24(30)23(20)29)11-3-10-26-12-14-32-15-13-26/h2,4-9,16,20-21H,3,10-15H2,1H3/p+1. The number of aromatic nitrogens is 1. The first-order valence-corrected chi connectivity index (χ1v) is 10.9. The van der Waals surface area contributed by atoms with Crippen molar-refractivity contribution < 1.29 is 28.8 Å². The van der Waals surface area contributed by atoms with Gasteiger partial charge in [0.2, 0.25) is 5.78 Å². The number of nitrogens with one attached hydrogen (secondary N) is 1. The molecule has 0 bridgehead atoms. The number of morpholine rings is 1. The molecule has 3 heterocycles. The zero-order valence-electron chi connectivity index (χ0n) is 18.2. The first-order valence-electron chi connectivity index (χ1n) is 10.9. The van der Waals surface area contributed by atoms with Crippen LogP contribution >= 0.6 is 0 Å². The van der Waals surface area contributed by atoms with Crippen LogP contribution in [0.25, 0.3) is 0 Å². The molecule has 1 N–H and O–H groups in total. The molecule has 0 saturated carbocycles. The number of hydrogen-bond donors (Lipinski definition) is 1. The lowest BCUT2D eigenvalue weighted by Crippen LogP contribution is -3.14. The fraction of sp³-hybridized carbons (Fsp3) is 0.417. The average molecular weight is 439 g/mol. The maximum Gasteiger partial charge on any atom is 0.291 e. The van der Waals surface area contributed by atoms with Gasteiger partial charge in [0.15, 0.2) is 5.78 Å². The highest BCUT2D eigenvalue weighted by Crippen LogP contribution is 2.38. The molecule has 2 aromatic rings. The Labute approximate surface area is 187 Å². The van der Waals surface area contributed by atoms with E-state index >= 15 is 0 Å². The van der Waals surface area contributed by atoms with Crippen LogP contribution in [-0.4, -0.2) is 73.9 Å². The molecule has 4 rings (SSSR count). The SMILES string of the molecule is COc1cccc(C(=O)C2C(=O)C(=O)N(CCC[NH+]3CCOCC3)C2c2ccncc2)c1. The van der Waals surface area contributed by atoms with Crippen LogP contribution in [-0.2, 0) is 14.3 Å². The second-order valence-electron chi connectivity index (χ2n) is 8.13. The summed E-state index contributed by atoms with van der Waals surface area (Å²) in [5.41, 5.74) is 1.09. The molecule has 1 aromatic heterocycles. The highest BCUT2D eigenvalue weighted by Gasteiger charge is 2.51. The fourth-order valence-corrected chi connectivity index (χ4v) is 4.53. The lowest BCUT2D eigenvalue weighted by molar-refractivity contribution is -0.908. The molecule has 8 heteroatoms. The van der Waals surface area contributed by atoms with Crippen molar-refractivity contribution in [2.24, 2.45) is 5.92 Å². The summed E-state index contributed by atoms with van der Waals surface area (Å²) < 4.78 is 10.6. The quantitative estimate of drug-likeness (QED) is 0.363. The number of carbonyl (C=O) groups excluding carboxylic acids is 3. The van der Waals surface area contributed by atoms with Gasteiger partial charge in [-0.3, -0.25) is 19.4 Å². The van der Waals surface area contributed by atoms with Gasteiger partial charge in [0.05, 0.1) is 32.9 Å². The Morgan fingerprint density at radius 1 is 1.19 bits per heavy atom. The number of ether oxygens (including phenoxy) is 2. The summed E-state index contributed by atoms with van der Waals surface area (Å²) in [4.78, 5) is 46.5. The lowest BCUT2D eigenvalue weighted by atomic mass is 9.86. The van der Waals surface area contributed by atoms with Crippen molar-refractivity contribution >= 4 is 17.5 Å². The number of amides is 1. The number of benzene rings is 1. The van der Waals surface area contributed by atoms with Crippen molar-refractivity contribution in [2.45, 2.75) is 12.5 Å². The Morgan fingerprint density at radius 3 is 2.66 bits per heavy atom. The molecule has 2 atom stereocenters. The summed E-state index contributed by atoms with van der Waals surface area (Å²) >= 11 is 0.